The van der Waals surface area contributed by atoms with Crippen LogP contribution in [-0.2, 0) is 0 Å². The highest BCUT2D eigenvalue weighted by molar-refractivity contribution is 6.24. The first-order valence-corrected chi connectivity index (χ1v) is 11.8. The Bertz CT molecular complexity index is 1820. The van der Waals surface area contributed by atoms with Crippen LogP contribution < -0.4 is 0 Å². The lowest BCUT2D eigenvalue weighted by molar-refractivity contribution is 1.11. The van der Waals surface area contributed by atoms with Gasteiger partial charge in [0, 0.05) is 34.4 Å². The Morgan fingerprint density at radius 2 is 1.00 bits per heavy atom. The number of pyridine rings is 1. The second-order valence-corrected chi connectivity index (χ2v) is 8.71. The largest absolute Gasteiger partial charge is 0.292 e. The van der Waals surface area contributed by atoms with Gasteiger partial charge in [-0.05, 0) is 46.2 Å². The highest BCUT2D eigenvalue weighted by atomic mass is 15.1. The molecular weight excluding hydrogens is 426 g/mol. The molecule has 3 heteroatoms. The Kier molecular flexibility index (Phi) is 4.46. The molecule has 0 saturated heterocycles. The summed E-state index contributed by atoms with van der Waals surface area (Å²) in [5.74, 6) is 0.939. The number of aromatic nitrogens is 3. The normalized spacial score (nSPS) is 11.4. The summed E-state index contributed by atoms with van der Waals surface area (Å²) in [5, 5.41) is 4.85. The zero-order valence-electron chi connectivity index (χ0n) is 19.0. The molecule has 0 spiro atoms. The lowest BCUT2D eigenvalue weighted by Crippen LogP contribution is -1.98. The van der Waals surface area contributed by atoms with Crippen LogP contribution in [0.5, 0.6) is 0 Å². The van der Waals surface area contributed by atoms with Crippen LogP contribution in [-0.4, -0.2) is 14.5 Å². The van der Waals surface area contributed by atoms with Gasteiger partial charge in [0.05, 0.1) is 11.0 Å². The highest BCUT2D eigenvalue weighted by Crippen LogP contribution is 2.39. The number of hydrogen-bond donors (Lipinski definition) is 0. The van der Waals surface area contributed by atoms with E-state index in [1.165, 1.54) is 21.5 Å². The number of hydrogen-bond acceptors (Lipinski definition) is 2. The molecule has 3 nitrogen and oxygen atoms in total. The number of rotatable bonds is 3. The van der Waals surface area contributed by atoms with E-state index in [2.05, 4.69) is 113 Å². The highest BCUT2D eigenvalue weighted by Gasteiger charge is 2.19. The van der Waals surface area contributed by atoms with Crippen molar-refractivity contribution in [1.82, 2.24) is 14.5 Å². The zero-order valence-corrected chi connectivity index (χ0v) is 19.0. The fourth-order valence-electron chi connectivity index (χ4n) is 5.08. The molecule has 164 valence electrons. The van der Waals surface area contributed by atoms with E-state index in [4.69, 9.17) is 4.98 Å². The molecule has 0 aliphatic heterocycles. The molecule has 0 N–H and O–H groups in total. The lowest BCUT2D eigenvalue weighted by atomic mass is 10.00. The Hall–Kier alpha value is -4.76. The third-order valence-corrected chi connectivity index (χ3v) is 6.70. The number of imidazole rings is 1. The van der Waals surface area contributed by atoms with Crippen LogP contribution in [0, 0.1) is 0 Å². The first-order valence-electron chi connectivity index (χ1n) is 11.8. The molecule has 5 aromatic carbocycles. The van der Waals surface area contributed by atoms with Crippen molar-refractivity contribution in [3.63, 3.8) is 0 Å². The summed E-state index contributed by atoms with van der Waals surface area (Å²) < 4.78 is 2.31. The molecule has 0 aliphatic carbocycles. The minimum Gasteiger partial charge on any atom is -0.292 e. The van der Waals surface area contributed by atoms with Crippen molar-refractivity contribution in [2.75, 3.05) is 0 Å². The number of benzene rings is 5. The van der Waals surface area contributed by atoms with Crippen molar-refractivity contribution < 1.29 is 0 Å². The van der Waals surface area contributed by atoms with Gasteiger partial charge >= 0.3 is 0 Å². The summed E-state index contributed by atoms with van der Waals surface area (Å²) >= 11 is 0. The molecule has 0 fully saturated rings. The van der Waals surface area contributed by atoms with Gasteiger partial charge < -0.3 is 0 Å². The van der Waals surface area contributed by atoms with Gasteiger partial charge in [-0.3, -0.25) is 9.55 Å². The van der Waals surface area contributed by atoms with Crippen LogP contribution in [0.25, 0.3) is 60.8 Å². The summed E-state index contributed by atoms with van der Waals surface area (Å²) in [4.78, 5) is 9.43. The van der Waals surface area contributed by atoms with Gasteiger partial charge in [-0.1, -0.05) is 91.0 Å². The molecule has 2 heterocycles. The fraction of sp³-hybridized carbons (Fsp3) is 0. The summed E-state index contributed by atoms with van der Waals surface area (Å²) in [7, 11) is 0. The fourth-order valence-corrected chi connectivity index (χ4v) is 5.08. The Morgan fingerprint density at radius 1 is 0.457 bits per heavy atom. The lowest BCUT2D eigenvalue weighted by Gasteiger charge is -2.12. The van der Waals surface area contributed by atoms with Crippen molar-refractivity contribution in [2.24, 2.45) is 0 Å². The second-order valence-electron chi connectivity index (χ2n) is 8.71. The predicted octanol–water partition coefficient (Wildman–Crippen LogP) is 8.06. The third kappa shape index (κ3) is 3.13. The minimum absolute atomic E-state index is 0.939. The summed E-state index contributed by atoms with van der Waals surface area (Å²) in [6.07, 6.45) is 3.66. The second kappa shape index (κ2) is 7.93. The monoisotopic (exact) mass is 447 g/mol. The van der Waals surface area contributed by atoms with Gasteiger partial charge in [-0.15, -0.1) is 0 Å². The third-order valence-electron chi connectivity index (χ3n) is 6.70. The van der Waals surface area contributed by atoms with Crippen molar-refractivity contribution in [3.05, 3.63) is 128 Å². The first-order chi connectivity index (χ1) is 17.4. The minimum atomic E-state index is 0.939. The maximum absolute atomic E-state index is 5.29. The molecule has 0 radical (unpaired) electrons. The standard InChI is InChI=1S/C32H21N3/c1-2-8-25(9-3-1)35-31-29-13-7-5-11-27(29)26-10-4-6-12-28(26)30(31)34-32(35)24-16-14-22(15-17-24)23-18-20-33-21-19-23/h1-21H. The van der Waals surface area contributed by atoms with E-state index in [0.717, 1.165) is 39.2 Å². The number of nitrogens with zero attached hydrogens (tertiary/aromatic N) is 3. The molecule has 0 bridgehead atoms. The average Bonchev–Trinajstić information content (AvgIpc) is 3.35. The van der Waals surface area contributed by atoms with Crippen molar-refractivity contribution in [2.45, 2.75) is 0 Å². The van der Waals surface area contributed by atoms with E-state index < -0.39 is 0 Å². The van der Waals surface area contributed by atoms with Gasteiger partial charge in [-0.25, -0.2) is 4.98 Å². The van der Waals surface area contributed by atoms with Gasteiger partial charge in [0.15, 0.2) is 0 Å². The molecule has 7 rings (SSSR count). The van der Waals surface area contributed by atoms with E-state index in [9.17, 15) is 0 Å². The van der Waals surface area contributed by atoms with Crippen LogP contribution in [0.1, 0.15) is 0 Å². The average molecular weight is 448 g/mol. The van der Waals surface area contributed by atoms with Crippen molar-refractivity contribution >= 4 is 32.6 Å². The van der Waals surface area contributed by atoms with Crippen LogP contribution in [0.15, 0.2) is 128 Å². The molecule has 2 aromatic heterocycles. The van der Waals surface area contributed by atoms with E-state index in [1.54, 1.807) is 0 Å². The van der Waals surface area contributed by atoms with Gasteiger partial charge in [0.1, 0.15) is 5.82 Å². The van der Waals surface area contributed by atoms with Crippen LogP contribution >= 0.6 is 0 Å². The maximum atomic E-state index is 5.29. The molecule has 0 unspecified atom stereocenters. The van der Waals surface area contributed by atoms with E-state index in [-0.39, 0.29) is 0 Å². The Labute approximate surface area is 203 Å². The van der Waals surface area contributed by atoms with E-state index in [1.807, 2.05) is 24.5 Å². The SMILES string of the molecule is c1ccc(-n2c(-c3ccc(-c4ccncc4)cc3)nc3c4ccccc4c4ccccc4c32)cc1. The molecule has 0 aliphatic rings. The van der Waals surface area contributed by atoms with Gasteiger partial charge in [-0.2, -0.15) is 0 Å². The van der Waals surface area contributed by atoms with Crippen LogP contribution in [0.4, 0.5) is 0 Å². The molecular formula is C32H21N3. The van der Waals surface area contributed by atoms with Crippen LogP contribution in [0.3, 0.4) is 0 Å². The molecule has 35 heavy (non-hydrogen) atoms. The summed E-state index contributed by atoms with van der Waals surface area (Å²) in [6.45, 7) is 0. The smallest absolute Gasteiger partial charge is 0.145 e. The summed E-state index contributed by atoms with van der Waals surface area (Å²) in [5.41, 5.74) is 6.66. The van der Waals surface area contributed by atoms with E-state index >= 15 is 0 Å². The van der Waals surface area contributed by atoms with E-state index in [0.29, 0.717) is 0 Å². The molecule has 7 aromatic rings. The van der Waals surface area contributed by atoms with Gasteiger partial charge in [0.25, 0.3) is 0 Å². The number of para-hydroxylation sites is 1. The molecule has 0 amide bonds. The molecule has 0 atom stereocenters. The summed E-state index contributed by atoms with van der Waals surface area (Å²) in [6, 6.07) is 40.5. The molecule has 0 saturated carbocycles. The first kappa shape index (κ1) is 19.7. The zero-order chi connectivity index (χ0) is 23.2. The Morgan fingerprint density at radius 3 is 1.71 bits per heavy atom. The van der Waals surface area contributed by atoms with Crippen molar-refractivity contribution in [3.8, 4) is 28.2 Å². The predicted molar refractivity (Wildman–Crippen MR) is 145 cm³/mol. The van der Waals surface area contributed by atoms with Crippen molar-refractivity contribution in [1.29, 1.82) is 0 Å². The van der Waals surface area contributed by atoms with Crippen LogP contribution in [0.2, 0.25) is 0 Å². The quantitative estimate of drug-likeness (QED) is 0.256. The Balaban J connectivity index is 1.57. The van der Waals surface area contributed by atoms with Gasteiger partial charge in [0.2, 0.25) is 0 Å². The maximum Gasteiger partial charge on any atom is 0.145 e. The number of fused-ring (bicyclic) bond motifs is 6. The topological polar surface area (TPSA) is 30.7 Å².